The van der Waals surface area contributed by atoms with Gasteiger partial charge in [-0.1, -0.05) is 28.1 Å². The Bertz CT molecular complexity index is 1040. The zero-order chi connectivity index (χ0) is 21.8. The molecule has 1 aliphatic heterocycles. The van der Waals surface area contributed by atoms with Crippen LogP contribution in [0.5, 0.6) is 11.5 Å². The third-order valence-corrected chi connectivity index (χ3v) is 5.64. The number of rotatable bonds is 7. The lowest BCUT2D eigenvalue weighted by Gasteiger charge is -2.13. The molecule has 1 fully saturated rings. The topological polar surface area (TPSA) is 96.0 Å². The molecule has 0 spiro atoms. The van der Waals surface area contributed by atoms with Crippen molar-refractivity contribution < 1.29 is 33.4 Å². The predicted octanol–water partition coefficient (Wildman–Crippen LogP) is 2.96. The molecule has 0 aromatic heterocycles. The second-order valence-electron chi connectivity index (χ2n) is 6.08. The summed E-state index contributed by atoms with van der Waals surface area (Å²) >= 11 is 4.12. The lowest BCUT2D eigenvalue weighted by atomic mass is 10.1. The molecule has 0 aliphatic carbocycles. The zero-order valence-corrected chi connectivity index (χ0v) is 17.9. The first-order chi connectivity index (χ1) is 14.3. The van der Waals surface area contributed by atoms with Crippen LogP contribution in [0.3, 0.4) is 0 Å². The number of hydrogen-bond acceptors (Lipinski definition) is 7. The Morgan fingerprint density at radius 2 is 1.93 bits per heavy atom. The van der Waals surface area contributed by atoms with Gasteiger partial charge in [0.05, 0.1) is 24.5 Å². The van der Waals surface area contributed by atoms with E-state index in [1.807, 2.05) is 0 Å². The van der Waals surface area contributed by atoms with Gasteiger partial charge in [-0.2, -0.15) is 0 Å². The maximum Gasteiger partial charge on any atom is 0.293 e. The van der Waals surface area contributed by atoms with Crippen LogP contribution in [0.2, 0.25) is 0 Å². The maximum atomic E-state index is 13.1. The Hall–Kier alpha value is -2.85. The summed E-state index contributed by atoms with van der Waals surface area (Å²) in [6.45, 7) is -0.618. The van der Waals surface area contributed by atoms with Crippen molar-refractivity contribution in [3.8, 4) is 11.5 Å². The number of thioether (sulfide) groups is 1. The van der Waals surface area contributed by atoms with E-state index in [-0.39, 0.29) is 22.9 Å². The van der Waals surface area contributed by atoms with Crippen LogP contribution in [0.1, 0.15) is 11.1 Å². The molecule has 30 heavy (non-hydrogen) atoms. The minimum absolute atomic E-state index is 0.0305. The molecular weight excluding hydrogens is 481 g/mol. The van der Waals surface area contributed by atoms with Crippen molar-refractivity contribution in [3.63, 3.8) is 0 Å². The summed E-state index contributed by atoms with van der Waals surface area (Å²) in [5.74, 6) is -1.84. The molecule has 3 rings (SSSR count). The monoisotopic (exact) mass is 494 g/mol. The molecule has 1 heterocycles. The van der Waals surface area contributed by atoms with Crippen LogP contribution in [0, 0.1) is 5.82 Å². The van der Waals surface area contributed by atoms with Gasteiger partial charge in [0.25, 0.3) is 11.1 Å². The first kappa shape index (κ1) is 21.8. The number of halogens is 2. The summed E-state index contributed by atoms with van der Waals surface area (Å²) in [7, 11) is 1.38. The van der Waals surface area contributed by atoms with Crippen LogP contribution >= 0.6 is 27.7 Å². The Morgan fingerprint density at radius 1 is 1.23 bits per heavy atom. The Labute approximate surface area is 183 Å². The van der Waals surface area contributed by atoms with E-state index in [0.717, 1.165) is 16.7 Å². The summed E-state index contributed by atoms with van der Waals surface area (Å²) in [6, 6.07) is 8.58. The number of carbonyl (C=O) groups is 3. The minimum Gasteiger partial charge on any atom is -0.546 e. The summed E-state index contributed by atoms with van der Waals surface area (Å²) in [5, 5.41) is 10.2. The number of benzene rings is 2. The largest absolute Gasteiger partial charge is 0.546 e. The molecule has 7 nitrogen and oxygen atoms in total. The number of nitrogens with zero attached hydrogens (tertiary/aromatic N) is 1. The molecule has 0 saturated carbocycles. The number of hydrogen-bond donors (Lipinski definition) is 0. The van der Waals surface area contributed by atoms with Crippen molar-refractivity contribution in [2.75, 3.05) is 13.7 Å². The maximum absolute atomic E-state index is 13.1. The van der Waals surface area contributed by atoms with Gasteiger partial charge in [0.15, 0.2) is 11.5 Å². The zero-order valence-electron chi connectivity index (χ0n) is 15.5. The van der Waals surface area contributed by atoms with Gasteiger partial charge in [-0.05, 0) is 53.2 Å². The highest BCUT2D eigenvalue weighted by Gasteiger charge is 2.35. The SMILES string of the molecule is COc1cc(/C=C2\SC(=O)N(Cc3ccc(F)cc3)C2=O)c(Br)cc1OCC(=O)[O-]. The van der Waals surface area contributed by atoms with Crippen molar-refractivity contribution >= 4 is 50.9 Å². The fraction of sp³-hybridized carbons (Fsp3) is 0.150. The molecule has 0 bridgehead atoms. The summed E-state index contributed by atoms with van der Waals surface area (Å²) in [5.41, 5.74) is 1.15. The van der Waals surface area contributed by atoms with E-state index in [0.29, 0.717) is 15.6 Å². The quantitative estimate of drug-likeness (QED) is 0.545. The fourth-order valence-corrected chi connectivity index (χ4v) is 3.89. The standard InChI is InChI=1S/C20H15BrFNO6S/c1-28-15-6-12(14(21)8-16(15)29-10-18(24)25)7-17-19(26)23(20(27)30-17)9-11-2-4-13(22)5-3-11/h2-8H,9-10H2,1H3,(H,24,25)/p-1/b17-7-. The lowest BCUT2D eigenvalue weighted by Crippen LogP contribution is -2.29. The van der Waals surface area contributed by atoms with Crippen LogP contribution in [-0.2, 0) is 16.1 Å². The molecule has 10 heteroatoms. The van der Waals surface area contributed by atoms with Crippen LogP contribution in [0.4, 0.5) is 9.18 Å². The number of carboxylic acids is 1. The Kier molecular flexibility index (Phi) is 6.78. The van der Waals surface area contributed by atoms with E-state index >= 15 is 0 Å². The van der Waals surface area contributed by atoms with E-state index < -0.39 is 29.5 Å². The summed E-state index contributed by atoms with van der Waals surface area (Å²) in [6.07, 6.45) is 1.52. The number of amides is 2. The molecule has 1 saturated heterocycles. The lowest BCUT2D eigenvalue weighted by molar-refractivity contribution is -0.307. The van der Waals surface area contributed by atoms with Gasteiger partial charge in [-0.15, -0.1) is 0 Å². The molecule has 2 aromatic rings. The van der Waals surface area contributed by atoms with Crippen molar-refractivity contribution in [2.24, 2.45) is 0 Å². The highest BCUT2D eigenvalue weighted by molar-refractivity contribution is 9.10. The first-order valence-corrected chi connectivity index (χ1v) is 10.1. The number of ether oxygens (including phenoxy) is 2. The van der Waals surface area contributed by atoms with Crippen molar-refractivity contribution in [1.82, 2.24) is 4.90 Å². The highest BCUT2D eigenvalue weighted by Crippen LogP contribution is 2.38. The number of carbonyl (C=O) groups excluding carboxylic acids is 3. The van der Waals surface area contributed by atoms with Crippen LogP contribution in [-0.4, -0.2) is 35.7 Å². The van der Waals surface area contributed by atoms with Gasteiger partial charge in [0, 0.05) is 4.47 Å². The van der Waals surface area contributed by atoms with E-state index in [2.05, 4.69) is 15.9 Å². The van der Waals surface area contributed by atoms with Crippen LogP contribution < -0.4 is 14.6 Å². The van der Waals surface area contributed by atoms with Gasteiger partial charge in [-0.3, -0.25) is 14.5 Å². The number of aliphatic carboxylic acids is 1. The van der Waals surface area contributed by atoms with Crippen molar-refractivity contribution in [2.45, 2.75) is 6.54 Å². The first-order valence-electron chi connectivity index (χ1n) is 8.48. The van der Waals surface area contributed by atoms with E-state index in [1.165, 1.54) is 43.5 Å². The average molecular weight is 495 g/mol. The second kappa shape index (κ2) is 9.31. The molecule has 0 N–H and O–H groups in total. The van der Waals surface area contributed by atoms with Gasteiger partial charge < -0.3 is 19.4 Å². The van der Waals surface area contributed by atoms with E-state index in [9.17, 15) is 23.9 Å². The number of imide groups is 1. The third-order valence-electron chi connectivity index (χ3n) is 4.04. The molecule has 2 aromatic carbocycles. The second-order valence-corrected chi connectivity index (χ2v) is 7.93. The summed E-state index contributed by atoms with van der Waals surface area (Å²) in [4.78, 5) is 36.9. The molecule has 2 amide bonds. The van der Waals surface area contributed by atoms with E-state index in [4.69, 9.17) is 9.47 Å². The minimum atomic E-state index is -1.38. The molecule has 0 atom stereocenters. The van der Waals surface area contributed by atoms with Crippen LogP contribution in [0.25, 0.3) is 6.08 Å². The van der Waals surface area contributed by atoms with Gasteiger partial charge in [0.2, 0.25) is 0 Å². The third kappa shape index (κ3) is 5.00. The smallest absolute Gasteiger partial charge is 0.293 e. The molecule has 0 unspecified atom stereocenters. The predicted molar refractivity (Wildman–Crippen MR) is 109 cm³/mol. The molecule has 1 aliphatic rings. The van der Waals surface area contributed by atoms with Crippen molar-refractivity contribution in [3.05, 3.63) is 62.7 Å². The Morgan fingerprint density at radius 3 is 2.57 bits per heavy atom. The highest BCUT2D eigenvalue weighted by atomic mass is 79.9. The molecule has 156 valence electrons. The molecule has 0 radical (unpaired) electrons. The number of carboxylic acid groups (broad SMARTS) is 1. The normalized spacial score (nSPS) is 15.0. The molecular formula is C20H14BrFNO6S-. The van der Waals surface area contributed by atoms with Crippen molar-refractivity contribution in [1.29, 1.82) is 0 Å². The van der Waals surface area contributed by atoms with Gasteiger partial charge >= 0.3 is 0 Å². The summed E-state index contributed by atoms with van der Waals surface area (Å²) < 4.78 is 23.9. The number of methoxy groups -OCH3 is 1. The van der Waals surface area contributed by atoms with Gasteiger partial charge in [0.1, 0.15) is 12.4 Å². The van der Waals surface area contributed by atoms with Gasteiger partial charge in [-0.25, -0.2) is 4.39 Å². The fourth-order valence-electron chi connectivity index (χ4n) is 2.62. The Balaban J connectivity index is 1.84. The average Bonchev–Trinajstić information content (AvgIpc) is 2.96. The van der Waals surface area contributed by atoms with Crippen LogP contribution in [0.15, 0.2) is 45.8 Å². The van der Waals surface area contributed by atoms with E-state index in [1.54, 1.807) is 6.07 Å².